The normalized spacial score (nSPS) is 35.3. The maximum Gasteiger partial charge on any atom is 0.409 e. The van der Waals surface area contributed by atoms with Crippen LogP contribution in [0.2, 0.25) is 5.02 Å². The molecule has 1 aromatic rings. The molecule has 3 aliphatic rings. The van der Waals surface area contributed by atoms with Gasteiger partial charge in [0.2, 0.25) is 5.91 Å². The molecule has 2 unspecified atom stereocenters. The zero-order valence-electron chi connectivity index (χ0n) is 29.5. The van der Waals surface area contributed by atoms with Crippen LogP contribution in [0.3, 0.4) is 0 Å². The molecule has 0 aliphatic carbocycles. The third-order valence-corrected chi connectivity index (χ3v) is 10.4. The van der Waals surface area contributed by atoms with Crippen molar-refractivity contribution in [1.29, 1.82) is 0 Å². The zero-order valence-corrected chi connectivity index (χ0v) is 31.0. The van der Waals surface area contributed by atoms with Crippen molar-refractivity contribution in [3.05, 3.63) is 46.5 Å². The molecule has 4 bridgehead atoms. The molecule has 4 rings (SSSR count). The second-order valence-corrected chi connectivity index (χ2v) is 14.3. The number of allylic oxidation sites excluding steroid dienone is 3. The summed E-state index contributed by atoms with van der Waals surface area (Å²) in [6.07, 6.45) is -0.392. The molecule has 0 saturated carbocycles. The number of fused-ring (bicyclic) bond motifs is 5. The van der Waals surface area contributed by atoms with E-state index >= 15 is 0 Å². The van der Waals surface area contributed by atoms with Crippen molar-refractivity contribution in [2.24, 2.45) is 5.92 Å². The van der Waals surface area contributed by atoms with Crippen molar-refractivity contribution in [3.63, 3.8) is 0 Å². The lowest BCUT2D eigenvalue weighted by molar-refractivity contribution is -0.173. The van der Waals surface area contributed by atoms with E-state index in [1.807, 2.05) is 6.92 Å². The Balaban J connectivity index is 1.88. The fourth-order valence-electron chi connectivity index (χ4n) is 6.44. The molecule has 3 aliphatic heterocycles. The van der Waals surface area contributed by atoms with Crippen LogP contribution in [0.15, 0.2) is 35.9 Å². The molecule has 276 valence electrons. The molecule has 0 aromatic heterocycles. The highest BCUT2D eigenvalue weighted by Gasteiger charge is 2.70. The number of nitrogens with one attached hydrogen (secondary N) is 1. The van der Waals surface area contributed by atoms with Gasteiger partial charge in [-0.3, -0.25) is 14.9 Å². The van der Waals surface area contributed by atoms with Crippen molar-refractivity contribution in [2.75, 3.05) is 33.2 Å². The van der Waals surface area contributed by atoms with Gasteiger partial charge in [-0.05, 0) is 44.9 Å². The van der Waals surface area contributed by atoms with Gasteiger partial charge >= 0.3 is 12.1 Å². The summed E-state index contributed by atoms with van der Waals surface area (Å²) in [5.41, 5.74) is -1.88. The second-order valence-electron chi connectivity index (χ2n) is 13.3. The van der Waals surface area contributed by atoms with Crippen LogP contribution in [0.1, 0.15) is 46.6 Å². The van der Waals surface area contributed by atoms with E-state index in [9.17, 15) is 29.4 Å². The first-order valence-electron chi connectivity index (χ1n) is 16.0. The highest BCUT2D eigenvalue weighted by Crippen LogP contribution is 2.52. The van der Waals surface area contributed by atoms with Gasteiger partial charge in [0, 0.05) is 40.5 Å². The first kappa shape index (κ1) is 39.4. The number of halogens is 2. The predicted octanol–water partition coefficient (Wildman–Crippen LogP) is 3.07. The number of alkyl carbamates (subject to hydrolysis) is 1. The highest BCUT2D eigenvalue weighted by molar-refractivity contribution is 6.38. The Morgan fingerprint density at radius 1 is 1.22 bits per heavy atom. The molecule has 2 saturated heterocycles. The molecule has 2 fully saturated rings. The zero-order chi connectivity index (χ0) is 37.5. The lowest BCUT2D eigenvalue weighted by atomic mass is 9.83. The van der Waals surface area contributed by atoms with Crippen LogP contribution in [-0.4, -0.2) is 114 Å². The summed E-state index contributed by atoms with van der Waals surface area (Å²) in [4.78, 5) is 54.7. The van der Waals surface area contributed by atoms with Gasteiger partial charge in [-0.2, -0.15) is 0 Å². The van der Waals surface area contributed by atoms with Crippen molar-refractivity contribution in [3.8, 4) is 5.75 Å². The number of alkyl halides is 1. The van der Waals surface area contributed by atoms with Gasteiger partial charge < -0.3 is 43.7 Å². The van der Waals surface area contributed by atoms with Gasteiger partial charge in [-0.1, -0.05) is 53.9 Å². The van der Waals surface area contributed by atoms with E-state index in [4.69, 9.17) is 46.9 Å². The molecule has 0 spiro atoms. The molecule has 3 heterocycles. The lowest BCUT2D eigenvalue weighted by Crippen LogP contribution is -2.64. The maximum atomic E-state index is 14.2. The number of ether oxygens (including phenoxy) is 5. The highest BCUT2D eigenvalue weighted by atomic mass is 35.5. The predicted molar refractivity (Wildman–Crippen MR) is 183 cm³/mol. The standard InChI is InChI=1S/C34H45Cl2N3O11/c1-17-11-10-12-25(47-9)33(44)16-24(48-31(43)37-33)18(2)27-32(5,50-27)29(49-28(41)19(3)38(6)20(4)40)34(36,45)30(42)39(7)22-14-21(13-17)15-23(46-8)26(22)35/h10-12,14-15,18-19,24-25,27,29,44-45H,13,16H2,1-9H3,(H,37,43)/b12-10+,17-11+/t18-,19+,24+,25?,27+,29-,32-,33+,34?/m1/s1. The molecule has 1 aromatic carbocycles. The van der Waals surface area contributed by atoms with Crippen LogP contribution in [0.4, 0.5) is 10.5 Å². The molecule has 3 amide bonds. The van der Waals surface area contributed by atoms with Crippen LogP contribution in [-0.2, 0) is 39.8 Å². The molecular weight excluding hydrogens is 697 g/mol. The van der Waals surface area contributed by atoms with Crippen molar-refractivity contribution < 1.29 is 53.1 Å². The molecule has 9 atom stereocenters. The number of carbonyl (C=O) groups excluding carboxylic acids is 4. The minimum Gasteiger partial charge on any atom is -0.495 e. The number of methoxy groups -OCH3 is 2. The Hall–Kier alpha value is -3.40. The average molecular weight is 743 g/mol. The summed E-state index contributed by atoms with van der Waals surface area (Å²) in [6.45, 7) is 7.69. The monoisotopic (exact) mass is 741 g/mol. The van der Waals surface area contributed by atoms with Gasteiger partial charge in [-0.25, -0.2) is 9.59 Å². The number of amides is 3. The Morgan fingerprint density at radius 2 is 1.88 bits per heavy atom. The summed E-state index contributed by atoms with van der Waals surface area (Å²) in [5, 5.41) is 23.1. The quantitative estimate of drug-likeness (QED) is 0.230. The number of nitrogens with zero attached hydrogens (tertiary/aromatic N) is 2. The number of epoxide rings is 1. The van der Waals surface area contributed by atoms with E-state index in [0.717, 1.165) is 15.4 Å². The summed E-state index contributed by atoms with van der Waals surface area (Å²) < 4.78 is 28.5. The number of hydrogen-bond donors (Lipinski definition) is 3. The van der Waals surface area contributed by atoms with Gasteiger partial charge in [0.15, 0.2) is 11.8 Å². The van der Waals surface area contributed by atoms with E-state index < -0.39 is 76.6 Å². The number of carbonyl (C=O) groups is 4. The fraction of sp³-hybridized carbons (Fsp3) is 0.588. The first-order chi connectivity index (χ1) is 23.2. The van der Waals surface area contributed by atoms with Crippen molar-refractivity contribution >= 4 is 52.8 Å². The van der Waals surface area contributed by atoms with Crippen molar-refractivity contribution in [2.45, 2.75) is 94.3 Å². The third kappa shape index (κ3) is 7.60. The van der Waals surface area contributed by atoms with E-state index in [1.54, 1.807) is 37.3 Å². The molecule has 0 radical (unpaired) electrons. The summed E-state index contributed by atoms with van der Waals surface area (Å²) in [5.74, 6) is -3.01. The second kappa shape index (κ2) is 14.7. The van der Waals surface area contributed by atoms with Crippen LogP contribution in [0, 0.1) is 5.92 Å². The third-order valence-electron chi connectivity index (χ3n) is 9.70. The minimum absolute atomic E-state index is 0.0513. The van der Waals surface area contributed by atoms with E-state index in [2.05, 4.69) is 5.32 Å². The topological polar surface area (TPSA) is 177 Å². The van der Waals surface area contributed by atoms with Gasteiger partial charge in [0.05, 0.1) is 18.9 Å². The van der Waals surface area contributed by atoms with E-state index in [-0.39, 0.29) is 22.9 Å². The Bertz CT molecular complexity index is 1590. The van der Waals surface area contributed by atoms with Crippen LogP contribution < -0.4 is 15.0 Å². The molecular formula is C34H45Cl2N3O11. The SMILES string of the molecule is COc1cc2cc(c1Cl)N(C)C(=O)C(O)(Cl)[C@H](OC(=O)[C@H](C)N(C)C(C)=O)[C@]1(C)O[C@H]1[C@H](C)[C@@H]1C[C@@](O)(NC(=O)O1)C(OC)/C=C/C=C(\C)C2. The number of rotatable bonds is 5. The smallest absolute Gasteiger partial charge is 0.409 e. The molecule has 3 N–H and O–H groups in total. The van der Waals surface area contributed by atoms with Crippen molar-refractivity contribution in [1.82, 2.24) is 10.2 Å². The number of likely N-dealkylation sites (N-methyl/N-ethyl adjacent to an activating group) is 2. The lowest BCUT2D eigenvalue weighted by Gasteiger charge is -2.42. The van der Waals surface area contributed by atoms with Gasteiger partial charge in [0.25, 0.3) is 11.0 Å². The number of esters is 1. The Kier molecular flexibility index (Phi) is 11.6. The summed E-state index contributed by atoms with van der Waals surface area (Å²) >= 11 is 13.4. The Labute approximate surface area is 301 Å². The van der Waals surface area contributed by atoms with Crippen LogP contribution in [0.25, 0.3) is 0 Å². The maximum absolute atomic E-state index is 14.2. The van der Waals surface area contributed by atoms with Crippen LogP contribution in [0.5, 0.6) is 5.75 Å². The first-order valence-corrected chi connectivity index (χ1v) is 16.7. The Morgan fingerprint density at radius 3 is 2.48 bits per heavy atom. The minimum atomic E-state index is -2.97. The number of anilines is 1. The fourth-order valence-corrected chi connectivity index (χ4v) is 7.14. The number of hydrogen-bond acceptors (Lipinski definition) is 11. The molecule has 50 heavy (non-hydrogen) atoms. The van der Waals surface area contributed by atoms with Gasteiger partial charge in [-0.15, -0.1) is 0 Å². The average Bonchev–Trinajstić information content (AvgIpc) is 3.74. The van der Waals surface area contributed by atoms with Gasteiger partial charge in [0.1, 0.15) is 34.6 Å². The molecule has 16 heteroatoms. The van der Waals surface area contributed by atoms with Crippen LogP contribution >= 0.6 is 23.2 Å². The number of aliphatic hydroxyl groups is 2. The summed E-state index contributed by atoms with van der Waals surface area (Å²) in [7, 11) is 5.53. The van der Waals surface area contributed by atoms with E-state index in [1.165, 1.54) is 49.1 Å². The summed E-state index contributed by atoms with van der Waals surface area (Å²) in [6, 6.07) is 2.18. The molecule has 14 nitrogen and oxygen atoms in total. The largest absolute Gasteiger partial charge is 0.495 e. The number of benzene rings is 1. The van der Waals surface area contributed by atoms with E-state index in [0.29, 0.717) is 12.0 Å².